The molecule has 116 valence electrons. The Kier molecular flexibility index (Phi) is 3.43. The molecule has 0 amide bonds. The van der Waals surface area contributed by atoms with Gasteiger partial charge in [0.05, 0.1) is 13.0 Å². The molecule has 0 aliphatic carbocycles. The Balaban J connectivity index is 2.31. The van der Waals surface area contributed by atoms with Crippen LogP contribution in [-0.2, 0) is 0 Å². The van der Waals surface area contributed by atoms with E-state index in [9.17, 15) is 0 Å². The second kappa shape index (κ2) is 5.05. The highest BCUT2D eigenvalue weighted by molar-refractivity contribution is 5.63. The van der Waals surface area contributed by atoms with Gasteiger partial charge >= 0.3 is 0 Å². The Bertz CT molecular complexity index is 714. The van der Waals surface area contributed by atoms with Crippen molar-refractivity contribution in [1.82, 2.24) is 0 Å². The summed E-state index contributed by atoms with van der Waals surface area (Å²) >= 11 is 0. The van der Waals surface area contributed by atoms with Crippen LogP contribution in [0.25, 0.3) is 0 Å². The van der Waals surface area contributed by atoms with Gasteiger partial charge < -0.3 is 9.47 Å². The highest BCUT2D eigenvalue weighted by Gasteiger charge is 2.44. The molecule has 1 aliphatic heterocycles. The Morgan fingerprint density at radius 1 is 0.955 bits per heavy atom. The molecule has 0 saturated heterocycles. The number of hydrogen-bond acceptors (Lipinski definition) is 2. The van der Waals surface area contributed by atoms with Gasteiger partial charge in [0.15, 0.2) is 0 Å². The van der Waals surface area contributed by atoms with Crippen LogP contribution in [0.1, 0.15) is 47.6 Å². The molecule has 1 unspecified atom stereocenters. The second-order valence-electron chi connectivity index (χ2n) is 6.70. The van der Waals surface area contributed by atoms with E-state index in [0.717, 1.165) is 11.5 Å². The van der Waals surface area contributed by atoms with Gasteiger partial charge in [-0.25, -0.2) is 0 Å². The van der Waals surface area contributed by atoms with E-state index in [0.29, 0.717) is 0 Å². The van der Waals surface area contributed by atoms with Gasteiger partial charge in [-0.2, -0.15) is 0 Å². The van der Waals surface area contributed by atoms with Gasteiger partial charge in [0.1, 0.15) is 17.1 Å². The molecule has 2 aromatic rings. The first-order valence-corrected chi connectivity index (χ1v) is 7.80. The first-order chi connectivity index (χ1) is 10.4. The van der Waals surface area contributed by atoms with E-state index in [1.807, 2.05) is 0 Å². The van der Waals surface area contributed by atoms with Crippen molar-refractivity contribution < 1.29 is 9.47 Å². The zero-order chi connectivity index (χ0) is 16.1. The number of hydrogen-bond donors (Lipinski definition) is 0. The zero-order valence-corrected chi connectivity index (χ0v) is 14.3. The lowest BCUT2D eigenvalue weighted by atomic mass is 9.78. The third-order valence-corrected chi connectivity index (χ3v) is 4.92. The molecule has 0 aromatic heterocycles. The standard InChI is InChI=1S/C20H24O2/c1-12-13(2)19-16(14(3)18(12)21-6)17(20(4,5)22-19)15-10-8-7-9-11-15/h7-11,17H,1-6H3. The van der Waals surface area contributed by atoms with Gasteiger partial charge in [-0.3, -0.25) is 0 Å². The van der Waals surface area contributed by atoms with Crippen molar-refractivity contribution in [2.45, 2.75) is 46.1 Å². The minimum absolute atomic E-state index is 0.219. The van der Waals surface area contributed by atoms with E-state index in [2.05, 4.69) is 65.0 Å². The van der Waals surface area contributed by atoms with Gasteiger partial charge in [-0.05, 0) is 56.9 Å². The van der Waals surface area contributed by atoms with Crippen LogP contribution in [0.5, 0.6) is 11.5 Å². The fraction of sp³-hybridized carbons (Fsp3) is 0.400. The Morgan fingerprint density at radius 3 is 2.18 bits per heavy atom. The summed E-state index contributed by atoms with van der Waals surface area (Å²) in [7, 11) is 1.75. The van der Waals surface area contributed by atoms with Crippen molar-refractivity contribution in [3.05, 3.63) is 58.1 Å². The summed E-state index contributed by atoms with van der Waals surface area (Å²) in [5.41, 5.74) is 5.85. The van der Waals surface area contributed by atoms with Crippen molar-refractivity contribution >= 4 is 0 Å². The first kappa shape index (κ1) is 15.0. The number of benzene rings is 2. The maximum absolute atomic E-state index is 6.40. The lowest BCUT2D eigenvalue weighted by Gasteiger charge is -2.27. The number of methoxy groups -OCH3 is 1. The highest BCUT2D eigenvalue weighted by Crippen LogP contribution is 2.53. The molecule has 2 heteroatoms. The van der Waals surface area contributed by atoms with Crippen LogP contribution in [-0.4, -0.2) is 12.7 Å². The van der Waals surface area contributed by atoms with Crippen LogP contribution >= 0.6 is 0 Å². The molecule has 0 saturated carbocycles. The average Bonchev–Trinajstić information content (AvgIpc) is 2.78. The summed E-state index contributed by atoms with van der Waals surface area (Å²) in [5.74, 6) is 2.24. The number of ether oxygens (including phenoxy) is 2. The lowest BCUT2D eigenvalue weighted by molar-refractivity contribution is 0.121. The summed E-state index contributed by atoms with van der Waals surface area (Å²) in [6.07, 6.45) is 0. The Hall–Kier alpha value is -1.96. The molecular weight excluding hydrogens is 272 g/mol. The summed E-state index contributed by atoms with van der Waals surface area (Å²) < 4.78 is 12.1. The largest absolute Gasteiger partial charge is 0.496 e. The molecular formula is C20H24O2. The van der Waals surface area contributed by atoms with Crippen molar-refractivity contribution in [3.63, 3.8) is 0 Å². The maximum atomic E-state index is 6.40. The van der Waals surface area contributed by atoms with E-state index in [1.165, 1.54) is 27.8 Å². The Labute approximate surface area is 133 Å². The van der Waals surface area contributed by atoms with Crippen molar-refractivity contribution in [2.24, 2.45) is 0 Å². The van der Waals surface area contributed by atoms with Crippen molar-refractivity contribution in [2.75, 3.05) is 7.11 Å². The minimum Gasteiger partial charge on any atom is -0.496 e. The SMILES string of the molecule is COc1c(C)c(C)c2c(c1C)C(c1ccccc1)C(C)(C)O2. The van der Waals surface area contributed by atoms with Gasteiger partial charge in [0.25, 0.3) is 0 Å². The minimum atomic E-state index is -0.266. The summed E-state index contributed by atoms with van der Waals surface area (Å²) in [6, 6.07) is 10.6. The molecule has 0 radical (unpaired) electrons. The van der Waals surface area contributed by atoms with Crippen LogP contribution in [0, 0.1) is 20.8 Å². The third-order valence-electron chi connectivity index (χ3n) is 4.92. The van der Waals surface area contributed by atoms with E-state index >= 15 is 0 Å². The van der Waals surface area contributed by atoms with Gasteiger partial charge in [-0.15, -0.1) is 0 Å². The summed E-state index contributed by atoms with van der Waals surface area (Å²) in [4.78, 5) is 0. The van der Waals surface area contributed by atoms with E-state index < -0.39 is 0 Å². The van der Waals surface area contributed by atoms with Gasteiger partial charge in [-0.1, -0.05) is 30.3 Å². The maximum Gasteiger partial charge on any atom is 0.127 e. The summed E-state index contributed by atoms with van der Waals surface area (Å²) in [6.45, 7) is 10.7. The first-order valence-electron chi connectivity index (χ1n) is 7.80. The molecule has 1 atom stereocenters. The molecule has 3 rings (SSSR count). The number of rotatable bonds is 2. The topological polar surface area (TPSA) is 18.5 Å². The molecule has 2 aromatic carbocycles. The molecule has 22 heavy (non-hydrogen) atoms. The van der Waals surface area contributed by atoms with Crippen molar-refractivity contribution in [1.29, 1.82) is 0 Å². The van der Waals surface area contributed by atoms with Crippen LogP contribution in [0.2, 0.25) is 0 Å². The molecule has 0 spiro atoms. The molecule has 0 N–H and O–H groups in total. The van der Waals surface area contributed by atoms with E-state index in [4.69, 9.17) is 9.47 Å². The zero-order valence-electron chi connectivity index (χ0n) is 14.3. The predicted octanol–water partition coefficient (Wildman–Crippen LogP) is 4.92. The normalized spacial score (nSPS) is 18.7. The van der Waals surface area contributed by atoms with Crippen LogP contribution in [0.15, 0.2) is 30.3 Å². The molecule has 2 nitrogen and oxygen atoms in total. The highest BCUT2D eigenvalue weighted by atomic mass is 16.5. The summed E-state index contributed by atoms with van der Waals surface area (Å²) in [5, 5.41) is 0. The predicted molar refractivity (Wildman–Crippen MR) is 90.2 cm³/mol. The molecule has 0 bridgehead atoms. The number of fused-ring (bicyclic) bond motifs is 1. The molecule has 1 aliphatic rings. The van der Waals surface area contributed by atoms with Crippen LogP contribution < -0.4 is 9.47 Å². The second-order valence-corrected chi connectivity index (χ2v) is 6.70. The van der Waals surface area contributed by atoms with Crippen LogP contribution in [0.3, 0.4) is 0 Å². The van der Waals surface area contributed by atoms with Gasteiger partial charge in [0, 0.05) is 5.56 Å². The van der Waals surface area contributed by atoms with Crippen LogP contribution in [0.4, 0.5) is 0 Å². The van der Waals surface area contributed by atoms with E-state index in [-0.39, 0.29) is 11.5 Å². The third kappa shape index (κ3) is 2.01. The average molecular weight is 296 g/mol. The van der Waals surface area contributed by atoms with E-state index in [1.54, 1.807) is 7.11 Å². The Morgan fingerprint density at radius 2 is 1.59 bits per heavy atom. The molecule has 1 heterocycles. The van der Waals surface area contributed by atoms with Gasteiger partial charge in [0.2, 0.25) is 0 Å². The fourth-order valence-corrected chi connectivity index (χ4v) is 3.78. The quantitative estimate of drug-likeness (QED) is 0.783. The fourth-order valence-electron chi connectivity index (χ4n) is 3.78. The lowest BCUT2D eigenvalue weighted by Crippen LogP contribution is -2.31. The van der Waals surface area contributed by atoms with Crippen molar-refractivity contribution in [3.8, 4) is 11.5 Å². The smallest absolute Gasteiger partial charge is 0.127 e. The monoisotopic (exact) mass is 296 g/mol. The molecule has 0 fully saturated rings.